The highest BCUT2D eigenvalue weighted by Gasteiger charge is 2.18. The molecule has 2 N–H and O–H groups in total. The average molecular weight is 471 g/mol. The number of hydrogen-bond acceptors (Lipinski definition) is 5. The maximum atomic E-state index is 12.7. The lowest BCUT2D eigenvalue weighted by atomic mass is 10.1. The van der Waals surface area contributed by atoms with E-state index in [0.29, 0.717) is 15.9 Å². The summed E-state index contributed by atoms with van der Waals surface area (Å²) < 4.78 is 10.4. The predicted molar refractivity (Wildman–Crippen MR) is 114 cm³/mol. The number of esters is 1. The van der Waals surface area contributed by atoms with Gasteiger partial charge in [0.25, 0.3) is 11.8 Å². The van der Waals surface area contributed by atoms with Gasteiger partial charge >= 0.3 is 5.97 Å². The van der Waals surface area contributed by atoms with E-state index >= 15 is 0 Å². The van der Waals surface area contributed by atoms with E-state index in [1.165, 1.54) is 6.07 Å². The summed E-state index contributed by atoms with van der Waals surface area (Å²) in [7, 11) is 0. The first-order valence-electron chi connectivity index (χ1n) is 9.11. The summed E-state index contributed by atoms with van der Waals surface area (Å²) in [5.74, 6) is -1.70. The van der Waals surface area contributed by atoms with Crippen molar-refractivity contribution < 1.29 is 23.5 Å². The molecule has 1 atom stereocenters. The van der Waals surface area contributed by atoms with Gasteiger partial charge in [0.1, 0.15) is 0 Å². The van der Waals surface area contributed by atoms with Crippen molar-refractivity contribution in [3.63, 3.8) is 0 Å². The first-order valence-corrected chi connectivity index (χ1v) is 9.90. The smallest absolute Gasteiger partial charge is 0.374 e. The molecular weight excluding hydrogens is 452 g/mol. The topological polar surface area (TPSA) is 97.6 Å². The predicted octanol–water partition coefficient (Wildman–Crippen LogP) is 4.33. The monoisotopic (exact) mass is 470 g/mol. The van der Waals surface area contributed by atoms with E-state index < -0.39 is 18.5 Å². The molecule has 2 amide bonds. The normalized spacial score (nSPS) is 11.4. The van der Waals surface area contributed by atoms with Crippen LogP contribution in [0.3, 0.4) is 0 Å². The van der Waals surface area contributed by atoms with Crippen LogP contribution in [0, 0.1) is 0 Å². The van der Waals surface area contributed by atoms with Gasteiger partial charge in [0.15, 0.2) is 11.3 Å². The van der Waals surface area contributed by atoms with Crippen LogP contribution in [-0.4, -0.2) is 24.4 Å². The molecule has 0 fully saturated rings. The minimum Gasteiger partial charge on any atom is -0.450 e. The number of anilines is 1. The lowest BCUT2D eigenvalue weighted by Gasteiger charge is -2.16. The average Bonchev–Trinajstić information content (AvgIpc) is 3.19. The molecule has 0 radical (unpaired) electrons. The van der Waals surface area contributed by atoms with Crippen molar-refractivity contribution in [2.45, 2.75) is 13.0 Å². The lowest BCUT2D eigenvalue weighted by Crippen LogP contribution is -2.28. The van der Waals surface area contributed by atoms with Gasteiger partial charge in [0, 0.05) is 0 Å². The van der Waals surface area contributed by atoms with Gasteiger partial charge < -0.3 is 19.8 Å². The van der Waals surface area contributed by atoms with Gasteiger partial charge in [-0.05, 0) is 52.7 Å². The van der Waals surface area contributed by atoms with E-state index in [1.54, 1.807) is 30.3 Å². The molecule has 1 aromatic heterocycles. The fourth-order valence-corrected chi connectivity index (χ4v) is 3.01. The van der Waals surface area contributed by atoms with Gasteiger partial charge in [-0.1, -0.05) is 42.5 Å². The van der Waals surface area contributed by atoms with Crippen molar-refractivity contribution in [3.8, 4) is 0 Å². The van der Waals surface area contributed by atoms with Crippen LogP contribution in [0.1, 0.15) is 39.4 Å². The van der Waals surface area contributed by atoms with E-state index in [1.807, 2.05) is 37.3 Å². The Hall–Kier alpha value is -3.39. The van der Waals surface area contributed by atoms with Crippen molar-refractivity contribution in [3.05, 3.63) is 88.3 Å². The lowest BCUT2D eigenvalue weighted by molar-refractivity contribution is -0.119. The number of benzene rings is 2. The van der Waals surface area contributed by atoms with Gasteiger partial charge in [-0.2, -0.15) is 0 Å². The van der Waals surface area contributed by atoms with E-state index in [2.05, 4.69) is 26.6 Å². The van der Waals surface area contributed by atoms with Crippen LogP contribution >= 0.6 is 15.9 Å². The van der Waals surface area contributed by atoms with Crippen molar-refractivity contribution in [1.29, 1.82) is 0 Å². The van der Waals surface area contributed by atoms with Crippen LogP contribution in [0.4, 0.5) is 5.69 Å². The maximum Gasteiger partial charge on any atom is 0.374 e. The number of carbonyl (C=O) groups excluding carboxylic acids is 3. The molecule has 30 heavy (non-hydrogen) atoms. The van der Waals surface area contributed by atoms with Crippen molar-refractivity contribution in [1.82, 2.24) is 5.32 Å². The number of furan rings is 1. The molecule has 0 bridgehead atoms. The number of halogens is 1. The summed E-state index contributed by atoms with van der Waals surface area (Å²) >= 11 is 3.09. The Morgan fingerprint density at radius 3 is 2.40 bits per heavy atom. The largest absolute Gasteiger partial charge is 0.450 e. The van der Waals surface area contributed by atoms with Gasteiger partial charge in [-0.25, -0.2) is 4.79 Å². The fourth-order valence-electron chi connectivity index (χ4n) is 2.70. The zero-order valence-electron chi connectivity index (χ0n) is 16.1. The van der Waals surface area contributed by atoms with Crippen LogP contribution in [0.2, 0.25) is 0 Å². The van der Waals surface area contributed by atoms with Crippen molar-refractivity contribution in [2.24, 2.45) is 0 Å². The number of amides is 2. The zero-order chi connectivity index (χ0) is 21.5. The third-order valence-electron chi connectivity index (χ3n) is 4.20. The molecule has 2 aromatic carbocycles. The summed E-state index contributed by atoms with van der Waals surface area (Å²) in [6.07, 6.45) is 0. The molecule has 3 aromatic rings. The zero-order valence-corrected chi connectivity index (χ0v) is 17.6. The molecule has 0 aliphatic heterocycles. The van der Waals surface area contributed by atoms with E-state index in [9.17, 15) is 14.4 Å². The summed E-state index contributed by atoms with van der Waals surface area (Å²) in [6.45, 7) is 1.36. The number of ether oxygens (including phenoxy) is 1. The second-order valence-electron chi connectivity index (χ2n) is 6.38. The molecule has 8 heteroatoms. The van der Waals surface area contributed by atoms with Crippen molar-refractivity contribution >= 4 is 39.4 Å². The summed E-state index contributed by atoms with van der Waals surface area (Å²) in [5, 5.41) is 5.51. The van der Waals surface area contributed by atoms with E-state index in [0.717, 1.165) is 5.56 Å². The Morgan fingerprint density at radius 1 is 1.00 bits per heavy atom. The Bertz CT molecular complexity index is 1050. The van der Waals surface area contributed by atoms with Crippen LogP contribution < -0.4 is 10.6 Å². The molecule has 0 saturated carbocycles. The minimum absolute atomic E-state index is 0.0237. The summed E-state index contributed by atoms with van der Waals surface area (Å²) in [6, 6.07) is 18.9. The van der Waals surface area contributed by atoms with E-state index in [4.69, 9.17) is 9.15 Å². The van der Waals surface area contributed by atoms with Gasteiger partial charge in [-0.15, -0.1) is 0 Å². The summed E-state index contributed by atoms with van der Waals surface area (Å²) in [4.78, 5) is 36.8. The molecule has 0 saturated heterocycles. The first-order chi connectivity index (χ1) is 14.4. The van der Waals surface area contributed by atoms with E-state index in [-0.39, 0.29) is 17.7 Å². The Morgan fingerprint density at radius 2 is 1.70 bits per heavy atom. The summed E-state index contributed by atoms with van der Waals surface area (Å²) in [5.41, 5.74) is 1.58. The van der Waals surface area contributed by atoms with Crippen LogP contribution in [0.15, 0.2) is 75.8 Å². The quantitative estimate of drug-likeness (QED) is 0.500. The Labute approximate surface area is 181 Å². The van der Waals surface area contributed by atoms with Crippen LogP contribution in [0.25, 0.3) is 0 Å². The Balaban J connectivity index is 1.61. The molecular formula is C22H19BrN2O5. The molecule has 7 nitrogen and oxygen atoms in total. The van der Waals surface area contributed by atoms with Gasteiger partial charge in [0.05, 0.1) is 17.3 Å². The highest BCUT2D eigenvalue weighted by Crippen LogP contribution is 2.18. The second-order valence-corrected chi connectivity index (χ2v) is 7.16. The fraction of sp³-hybridized carbons (Fsp3) is 0.136. The van der Waals surface area contributed by atoms with Crippen molar-refractivity contribution in [2.75, 3.05) is 11.9 Å². The number of hydrogen-bond donors (Lipinski definition) is 2. The molecule has 0 aliphatic carbocycles. The number of nitrogens with one attached hydrogen (secondary N) is 2. The molecule has 1 unspecified atom stereocenters. The highest BCUT2D eigenvalue weighted by molar-refractivity contribution is 9.10. The minimum atomic E-state index is -0.765. The second kappa shape index (κ2) is 9.89. The van der Waals surface area contributed by atoms with Crippen LogP contribution in [-0.2, 0) is 9.53 Å². The third kappa shape index (κ3) is 5.57. The molecule has 1 heterocycles. The third-order valence-corrected chi connectivity index (χ3v) is 4.63. The highest BCUT2D eigenvalue weighted by atomic mass is 79.9. The first kappa shape index (κ1) is 21.3. The number of para-hydroxylation sites is 1. The van der Waals surface area contributed by atoms with Gasteiger partial charge in [0.2, 0.25) is 5.76 Å². The standard InChI is InChI=1S/C22H19BrN2O5/c1-14(15-7-3-2-4-8-15)24-21(27)16-9-5-6-10-17(16)25-20(26)13-29-22(28)18-11-12-19(23)30-18/h2-12,14H,13H2,1H3,(H,24,27)(H,25,26). The maximum absolute atomic E-state index is 12.7. The molecule has 154 valence electrons. The number of carbonyl (C=O) groups is 3. The molecule has 0 spiro atoms. The molecule has 3 rings (SSSR count). The van der Waals surface area contributed by atoms with Gasteiger partial charge in [-0.3, -0.25) is 9.59 Å². The number of rotatable bonds is 7. The molecule has 0 aliphatic rings. The Kier molecular flexibility index (Phi) is 7.03. The SMILES string of the molecule is CC(NC(=O)c1ccccc1NC(=O)COC(=O)c1ccc(Br)o1)c1ccccc1. The van der Waals surface area contributed by atoms with Crippen LogP contribution in [0.5, 0.6) is 0 Å².